The van der Waals surface area contributed by atoms with E-state index >= 15 is 0 Å². The molecule has 0 aliphatic rings. The number of rotatable bonds is 3. The van der Waals surface area contributed by atoms with Crippen molar-refractivity contribution in [2.75, 3.05) is 5.75 Å². The summed E-state index contributed by atoms with van der Waals surface area (Å²) in [7, 11) is -1.61. The van der Waals surface area contributed by atoms with E-state index in [0.29, 0.717) is 9.92 Å². The van der Waals surface area contributed by atoms with Crippen LogP contribution < -0.4 is 0 Å². The molecule has 0 saturated heterocycles. The molecule has 0 aromatic heterocycles. The average Bonchev–Trinajstić information content (AvgIpc) is 2.28. The predicted octanol–water partition coefficient (Wildman–Crippen LogP) is 2.69. The molecule has 5 heteroatoms. The Kier molecular flexibility index (Phi) is 3.45. The minimum Gasteiger partial charge on any atom is -0.481 e. The molecule has 0 heterocycles. The van der Waals surface area contributed by atoms with Gasteiger partial charge in [-0.05, 0) is 11.5 Å². The van der Waals surface area contributed by atoms with Crippen molar-refractivity contribution < 1.29 is 14.1 Å². The van der Waals surface area contributed by atoms with E-state index in [9.17, 15) is 9.00 Å². The Hall–Kier alpha value is -1.39. The Morgan fingerprint density at radius 3 is 2.65 bits per heavy atom. The van der Waals surface area contributed by atoms with Crippen LogP contribution in [0.2, 0.25) is 5.02 Å². The number of carboxylic acid groups (broad SMARTS) is 1. The van der Waals surface area contributed by atoms with E-state index < -0.39 is 22.5 Å². The third-order valence-electron chi connectivity index (χ3n) is 2.33. The summed E-state index contributed by atoms with van der Waals surface area (Å²) in [5.41, 5.74) is 0. The van der Waals surface area contributed by atoms with E-state index in [-0.39, 0.29) is 0 Å². The van der Waals surface area contributed by atoms with Crippen LogP contribution in [0.15, 0.2) is 41.3 Å². The Balaban J connectivity index is 2.52. The van der Waals surface area contributed by atoms with Crippen LogP contribution in [-0.4, -0.2) is 21.0 Å². The molecule has 17 heavy (non-hydrogen) atoms. The molecule has 2 rings (SSSR count). The van der Waals surface area contributed by atoms with Gasteiger partial charge in [0.05, 0.1) is 20.7 Å². The summed E-state index contributed by atoms with van der Waals surface area (Å²) in [6.07, 6.45) is 0. The lowest BCUT2D eigenvalue weighted by molar-refractivity contribution is -0.133. The van der Waals surface area contributed by atoms with Gasteiger partial charge in [-0.3, -0.25) is 9.00 Å². The fourth-order valence-corrected chi connectivity index (χ4v) is 2.98. The Labute approximate surface area is 105 Å². The molecule has 0 amide bonds. The number of benzene rings is 2. The maximum atomic E-state index is 11.8. The SMILES string of the molecule is O=C(O)CS(=O)c1ccc2ccccc2c1Cl. The van der Waals surface area contributed by atoms with E-state index in [1.54, 1.807) is 12.1 Å². The number of halogens is 1. The van der Waals surface area contributed by atoms with Crippen LogP contribution in [0.25, 0.3) is 10.8 Å². The zero-order valence-electron chi connectivity index (χ0n) is 8.72. The molecule has 1 unspecified atom stereocenters. The highest BCUT2D eigenvalue weighted by atomic mass is 35.5. The van der Waals surface area contributed by atoms with Gasteiger partial charge in [-0.1, -0.05) is 41.9 Å². The second-order valence-corrected chi connectivity index (χ2v) is 5.28. The maximum Gasteiger partial charge on any atom is 0.316 e. The van der Waals surface area contributed by atoms with Gasteiger partial charge < -0.3 is 5.11 Å². The lowest BCUT2D eigenvalue weighted by atomic mass is 10.1. The van der Waals surface area contributed by atoms with Crippen LogP contribution in [0.4, 0.5) is 0 Å². The fourth-order valence-electron chi connectivity index (χ4n) is 1.58. The summed E-state index contributed by atoms with van der Waals surface area (Å²) >= 11 is 6.13. The summed E-state index contributed by atoms with van der Waals surface area (Å²) in [5.74, 6) is -1.54. The standard InChI is InChI=1S/C12H9ClO3S/c13-12-9-4-2-1-3-8(9)5-6-10(12)17(16)7-11(14)15/h1-6H,7H2,(H,14,15). The predicted molar refractivity (Wildman–Crippen MR) is 67.9 cm³/mol. The molecule has 0 fully saturated rings. The van der Waals surface area contributed by atoms with E-state index in [0.717, 1.165) is 10.8 Å². The van der Waals surface area contributed by atoms with E-state index in [1.165, 1.54) is 0 Å². The quantitative estimate of drug-likeness (QED) is 0.931. The van der Waals surface area contributed by atoms with Crippen LogP contribution in [0.3, 0.4) is 0 Å². The van der Waals surface area contributed by atoms with Crippen molar-refractivity contribution >= 4 is 39.1 Å². The lowest BCUT2D eigenvalue weighted by Crippen LogP contribution is -2.09. The molecular weight excluding hydrogens is 260 g/mol. The minimum absolute atomic E-state index is 0.364. The molecule has 0 saturated carbocycles. The maximum absolute atomic E-state index is 11.8. The molecule has 88 valence electrons. The first-order valence-electron chi connectivity index (χ1n) is 4.87. The van der Waals surface area contributed by atoms with Gasteiger partial charge >= 0.3 is 5.97 Å². The highest BCUT2D eigenvalue weighted by Crippen LogP contribution is 2.29. The van der Waals surface area contributed by atoms with Crippen molar-refractivity contribution in [3.05, 3.63) is 41.4 Å². The molecule has 0 bridgehead atoms. The van der Waals surface area contributed by atoms with Crippen LogP contribution >= 0.6 is 11.6 Å². The first-order valence-corrected chi connectivity index (χ1v) is 6.56. The largest absolute Gasteiger partial charge is 0.481 e. The van der Waals surface area contributed by atoms with Gasteiger partial charge in [0.15, 0.2) is 0 Å². The van der Waals surface area contributed by atoms with E-state index in [1.807, 2.05) is 24.3 Å². The number of hydrogen-bond acceptors (Lipinski definition) is 2. The van der Waals surface area contributed by atoms with Crippen LogP contribution in [0.1, 0.15) is 0 Å². The minimum atomic E-state index is -1.61. The highest BCUT2D eigenvalue weighted by molar-refractivity contribution is 7.85. The van der Waals surface area contributed by atoms with E-state index in [2.05, 4.69) is 0 Å². The fraction of sp³-hybridized carbons (Fsp3) is 0.0833. The molecule has 0 aliphatic carbocycles. The molecule has 0 radical (unpaired) electrons. The normalized spacial score (nSPS) is 12.5. The Morgan fingerprint density at radius 1 is 1.24 bits per heavy atom. The van der Waals surface area contributed by atoms with Gasteiger partial charge in [-0.2, -0.15) is 0 Å². The molecule has 1 atom stereocenters. The van der Waals surface area contributed by atoms with Crippen molar-refractivity contribution in [2.45, 2.75) is 4.90 Å². The highest BCUT2D eigenvalue weighted by Gasteiger charge is 2.14. The van der Waals surface area contributed by atoms with Crippen LogP contribution in [0.5, 0.6) is 0 Å². The van der Waals surface area contributed by atoms with Crippen LogP contribution in [-0.2, 0) is 15.6 Å². The van der Waals surface area contributed by atoms with Crippen LogP contribution in [0, 0.1) is 0 Å². The summed E-state index contributed by atoms with van der Waals surface area (Å²) in [6, 6.07) is 10.8. The summed E-state index contributed by atoms with van der Waals surface area (Å²) in [6.45, 7) is 0. The van der Waals surface area contributed by atoms with Gasteiger partial charge in [-0.15, -0.1) is 0 Å². The van der Waals surface area contributed by atoms with Gasteiger partial charge in [0, 0.05) is 5.39 Å². The average molecular weight is 269 g/mol. The third kappa shape index (κ3) is 2.48. The second-order valence-electron chi connectivity index (χ2n) is 3.48. The molecule has 2 aromatic carbocycles. The topological polar surface area (TPSA) is 54.4 Å². The zero-order valence-corrected chi connectivity index (χ0v) is 10.3. The Morgan fingerprint density at radius 2 is 1.94 bits per heavy atom. The number of fused-ring (bicyclic) bond motifs is 1. The van der Waals surface area contributed by atoms with Crippen molar-refractivity contribution in [3.63, 3.8) is 0 Å². The summed E-state index contributed by atoms with van der Waals surface area (Å²) in [5, 5.41) is 10.7. The zero-order chi connectivity index (χ0) is 12.4. The Bertz CT molecular complexity index is 610. The second kappa shape index (κ2) is 4.85. The van der Waals surface area contributed by atoms with Gasteiger partial charge in [-0.25, -0.2) is 0 Å². The molecule has 0 aliphatic heterocycles. The summed E-state index contributed by atoms with van der Waals surface area (Å²) in [4.78, 5) is 10.9. The van der Waals surface area contributed by atoms with Gasteiger partial charge in [0.25, 0.3) is 0 Å². The molecule has 3 nitrogen and oxygen atoms in total. The smallest absolute Gasteiger partial charge is 0.316 e. The van der Waals surface area contributed by atoms with Gasteiger partial charge in [0.2, 0.25) is 0 Å². The van der Waals surface area contributed by atoms with Crippen molar-refractivity contribution in [1.82, 2.24) is 0 Å². The third-order valence-corrected chi connectivity index (χ3v) is 4.19. The first-order chi connectivity index (χ1) is 8.09. The number of carboxylic acids is 1. The molecule has 0 spiro atoms. The van der Waals surface area contributed by atoms with Crippen molar-refractivity contribution in [2.24, 2.45) is 0 Å². The molecular formula is C12H9ClO3S. The lowest BCUT2D eigenvalue weighted by Gasteiger charge is -2.06. The number of hydrogen-bond donors (Lipinski definition) is 1. The van der Waals surface area contributed by atoms with E-state index in [4.69, 9.17) is 16.7 Å². The monoisotopic (exact) mass is 268 g/mol. The molecule has 1 N–H and O–H groups in total. The number of aliphatic carboxylic acids is 1. The van der Waals surface area contributed by atoms with Crippen molar-refractivity contribution in [3.8, 4) is 0 Å². The van der Waals surface area contributed by atoms with Gasteiger partial charge in [0.1, 0.15) is 5.75 Å². The molecule has 2 aromatic rings. The summed E-state index contributed by atoms with van der Waals surface area (Å²) < 4.78 is 11.8. The van der Waals surface area contributed by atoms with Crippen molar-refractivity contribution in [1.29, 1.82) is 0 Å². The number of carbonyl (C=O) groups is 1. The first kappa shape index (κ1) is 12.1.